The van der Waals surface area contributed by atoms with Crippen LogP contribution in [0.25, 0.3) is 5.57 Å². The molecule has 0 bridgehead atoms. The fourth-order valence-corrected chi connectivity index (χ4v) is 2.95. The van der Waals surface area contributed by atoms with E-state index >= 15 is 0 Å². The third-order valence-electron chi connectivity index (χ3n) is 3.82. The second kappa shape index (κ2) is 6.09. The van der Waals surface area contributed by atoms with E-state index in [0.29, 0.717) is 19.3 Å². The molecule has 0 radical (unpaired) electrons. The van der Waals surface area contributed by atoms with Gasteiger partial charge in [0.05, 0.1) is 13.3 Å². The molecule has 3 rings (SSSR count). The van der Waals surface area contributed by atoms with Gasteiger partial charge in [-0.15, -0.1) is 0 Å². The standard InChI is InChI=1S/C18H19NO/c1-19-13-20-12-18-16-9-5-3-2-4-8-14(16)15-10-6-7-11-17(15)18/h5-7,9-11,18-19H,3,8,12-13H2,1H3/b9-5-. The number of hydrogen-bond acceptors (Lipinski definition) is 2. The lowest BCUT2D eigenvalue weighted by atomic mass is 9.95. The molecule has 0 fully saturated rings. The minimum absolute atomic E-state index is 0.339. The summed E-state index contributed by atoms with van der Waals surface area (Å²) >= 11 is 0. The predicted molar refractivity (Wildman–Crippen MR) is 82.1 cm³/mol. The molecule has 1 aromatic carbocycles. The summed E-state index contributed by atoms with van der Waals surface area (Å²) in [5.74, 6) is 6.80. The average molecular weight is 265 g/mol. The maximum Gasteiger partial charge on any atom is 0.0963 e. The van der Waals surface area contributed by atoms with Gasteiger partial charge in [0.1, 0.15) is 0 Å². The Kier molecular flexibility index (Phi) is 4.01. The van der Waals surface area contributed by atoms with Gasteiger partial charge in [-0.2, -0.15) is 0 Å². The molecule has 1 aromatic rings. The summed E-state index contributed by atoms with van der Waals surface area (Å²) < 4.78 is 5.73. The normalized spacial score (nSPS) is 21.4. The van der Waals surface area contributed by atoms with Crippen LogP contribution in [0.2, 0.25) is 0 Å². The molecule has 20 heavy (non-hydrogen) atoms. The molecule has 0 saturated heterocycles. The van der Waals surface area contributed by atoms with Crippen LogP contribution in [0.1, 0.15) is 29.9 Å². The van der Waals surface area contributed by atoms with Gasteiger partial charge in [0.2, 0.25) is 0 Å². The van der Waals surface area contributed by atoms with E-state index in [2.05, 4.69) is 53.6 Å². The lowest BCUT2D eigenvalue weighted by Crippen LogP contribution is -2.16. The summed E-state index contributed by atoms with van der Waals surface area (Å²) in [5, 5.41) is 3.03. The van der Waals surface area contributed by atoms with E-state index < -0.39 is 0 Å². The first-order valence-electron chi connectivity index (χ1n) is 7.08. The highest BCUT2D eigenvalue weighted by atomic mass is 16.5. The zero-order valence-corrected chi connectivity index (χ0v) is 11.8. The average Bonchev–Trinajstić information content (AvgIpc) is 2.72. The third kappa shape index (κ3) is 2.43. The Balaban J connectivity index is 1.97. The van der Waals surface area contributed by atoms with Crippen LogP contribution < -0.4 is 5.32 Å². The molecule has 102 valence electrons. The Morgan fingerprint density at radius 1 is 1.30 bits per heavy atom. The van der Waals surface area contributed by atoms with Crippen LogP contribution in [0.4, 0.5) is 0 Å². The van der Waals surface area contributed by atoms with Gasteiger partial charge in [0.15, 0.2) is 0 Å². The van der Waals surface area contributed by atoms with Gasteiger partial charge in [0, 0.05) is 18.8 Å². The van der Waals surface area contributed by atoms with Crippen LogP contribution in [0.15, 0.2) is 42.0 Å². The number of hydrogen-bond donors (Lipinski definition) is 1. The lowest BCUT2D eigenvalue weighted by Gasteiger charge is -2.15. The fraction of sp³-hybridized carbons (Fsp3) is 0.333. The zero-order chi connectivity index (χ0) is 13.8. The molecule has 0 aromatic heterocycles. The molecule has 0 saturated carbocycles. The quantitative estimate of drug-likeness (QED) is 0.513. The van der Waals surface area contributed by atoms with E-state index in [0.717, 1.165) is 12.8 Å². The van der Waals surface area contributed by atoms with Crippen molar-refractivity contribution < 1.29 is 4.74 Å². The van der Waals surface area contributed by atoms with Crippen molar-refractivity contribution in [2.75, 3.05) is 20.4 Å². The second-order valence-corrected chi connectivity index (χ2v) is 5.08. The number of benzene rings is 1. The SMILES string of the molecule is CNCOCC1C2=C(CC#CC/C=C\2)c2ccccc21. The maximum absolute atomic E-state index is 5.73. The molecule has 0 spiro atoms. The summed E-state index contributed by atoms with van der Waals surface area (Å²) in [4.78, 5) is 0. The van der Waals surface area contributed by atoms with Gasteiger partial charge in [-0.25, -0.2) is 0 Å². The summed E-state index contributed by atoms with van der Waals surface area (Å²) in [7, 11) is 1.90. The topological polar surface area (TPSA) is 21.3 Å². The van der Waals surface area contributed by atoms with Crippen molar-refractivity contribution in [3.63, 3.8) is 0 Å². The summed E-state index contributed by atoms with van der Waals surface area (Å²) in [6.07, 6.45) is 6.10. The first-order chi connectivity index (χ1) is 9.92. The molecule has 2 aliphatic carbocycles. The second-order valence-electron chi connectivity index (χ2n) is 5.08. The van der Waals surface area contributed by atoms with E-state index in [4.69, 9.17) is 4.74 Å². The first kappa shape index (κ1) is 13.2. The zero-order valence-electron chi connectivity index (χ0n) is 11.8. The summed E-state index contributed by atoms with van der Waals surface area (Å²) in [6, 6.07) is 8.64. The molecule has 2 nitrogen and oxygen atoms in total. The van der Waals surface area contributed by atoms with Gasteiger partial charge < -0.3 is 4.74 Å². The smallest absolute Gasteiger partial charge is 0.0963 e. The van der Waals surface area contributed by atoms with Crippen LogP contribution in [0.3, 0.4) is 0 Å². The Morgan fingerprint density at radius 2 is 2.20 bits per heavy atom. The maximum atomic E-state index is 5.73. The van der Waals surface area contributed by atoms with Gasteiger partial charge in [-0.1, -0.05) is 48.3 Å². The van der Waals surface area contributed by atoms with Crippen molar-refractivity contribution in [3.8, 4) is 11.8 Å². The number of rotatable bonds is 4. The molecule has 1 N–H and O–H groups in total. The van der Waals surface area contributed by atoms with E-state index in [9.17, 15) is 0 Å². The van der Waals surface area contributed by atoms with Crippen LogP contribution in [0, 0.1) is 11.8 Å². The third-order valence-corrected chi connectivity index (χ3v) is 3.82. The Hall–Kier alpha value is -1.82. The molecule has 0 amide bonds. The van der Waals surface area contributed by atoms with Crippen molar-refractivity contribution in [1.82, 2.24) is 5.32 Å². The number of fused-ring (bicyclic) bond motifs is 2. The van der Waals surface area contributed by atoms with E-state index in [1.807, 2.05) is 7.05 Å². The molecule has 1 atom stereocenters. The monoisotopic (exact) mass is 265 g/mol. The molecule has 2 heteroatoms. The van der Waals surface area contributed by atoms with E-state index in [-0.39, 0.29) is 0 Å². The molecular formula is C18H19NO. The van der Waals surface area contributed by atoms with Crippen molar-refractivity contribution in [1.29, 1.82) is 0 Å². The number of ether oxygens (including phenoxy) is 1. The Labute approximate surface area is 120 Å². The largest absolute Gasteiger partial charge is 0.365 e. The van der Waals surface area contributed by atoms with Crippen LogP contribution in [0.5, 0.6) is 0 Å². The van der Waals surface area contributed by atoms with Crippen LogP contribution >= 0.6 is 0 Å². The van der Waals surface area contributed by atoms with Gasteiger partial charge >= 0.3 is 0 Å². The molecule has 0 aliphatic heterocycles. The number of nitrogens with one attached hydrogen (secondary N) is 1. The van der Waals surface area contributed by atoms with Crippen molar-refractivity contribution >= 4 is 5.57 Å². The molecule has 1 unspecified atom stereocenters. The molecule has 0 heterocycles. The van der Waals surface area contributed by atoms with Crippen molar-refractivity contribution in [2.45, 2.75) is 18.8 Å². The predicted octanol–water partition coefficient (Wildman–Crippen LogP) is 3.08. The Bertz CT molecular complexity index is 616. The van der Waals surface area contributed by atoms with E-state index in [1.165, 1.54) is 22.3 Å². The Morgan fingerprint density at radius 3 is 3.10 bits per heavy atom. The highest BCUT2D eigenvalue weighted by Gasteiger charge is 2.29. The minimum atomic E-state index is 0.339. The molecular weight excluding hydrogens is 246 g/mol. The van der Waals surface area contributed by atoms with Crippen LogP contribution in [-0.2, 0) is 4.74 Å². The number of allylic oxidation sites excluding steroid dienone is 3. The van der Waals surface area contributed by atoms with Gasteiger partial charge in [-0.05, 0) is 29.3 Å². The first-order valence-corrected chi connectivity index (χ1v) is 7.08. The summed E-state index contributed by atoms with van der Waals surface area (Å²) in [6.45, 7) is 1.30. The summed E-state index contributed by atoms with van der Waals surface area (Å²) in [5.41, 5.74) is 5.49. The van der Waals surface area contributed by atoms with Gasteiger partial charge in [0.25, 0.3) is 0 Å². The highest BCUT2D eigenvalue weighted by molar-refractivity contribution is 5.82. The van der Waals surface area contributed by atoms with Crippen molar-refractivity contribution in [3.05, 3.63) is 53.1 Å². The van der Waals surface area contributed by atoms with Crippen LogP contribution in [-0.4, -0.2) is 20.4 Å². The molecule has 2 aliphatic rings. The highest BCUT2D eigenvalue weighted by Crippen LogP contribution is 2.44. The van der Waals surface area contributed by atoms with E-state index in [1.54, 1.807) is 0 Å². The lowest BCUT2D eigenvalue weighted by molar-refractivity contribution is 0.116. The van der Waals surface area contributed by atoms with Gasteiger partial charge in [-0.3, -0.25) is 5.32 Å². The fourth-order valence-electron chi connectivity index (χ4n) is 2.95. The minimum Gasteiger partial charge on any atom is -0.365 e. The van der Waals surface area contributed by atoms with Crippen molar-refractivity contribution in [2.24, 2.45) is 0 Å².